The number of aromatic hydroxyl groups is 1. The highest BCUT2D eigenvalue weighted by molar-refractivity contribution is 7.23. The molecule has 1 fully saturated rings. The molecule has 0 unspecified atom stereocenters. The summed E-state index contributed by atoms with van der Waals surface area (Å²) in [6.07, 6.45) is 2.45. The van der Waals surface area contributed by atoms with Gasteiger partial charge in [-0.05, 0) is 43.7 Å². The molecule has 3 aromatic heterocycles. The van der Waals surface area contributed by atoms with E-state index in [2.05, 4.69) is 20.3 Å². The molecule has 0 bridgehead atoms. The lowest BCUT2D eigenvalue weighted by molar-refractivity contribution is 0.109. The van der Waals surface area contributed by atoms with Crippen molar-refractivity contribution < 1.29 is 23.0 Å². The zero-order valence-corrected chi connectivity index (χ0v) is 28.7. The third-order valence-electron chi connectivity index (χ3n) is 8.72. The number of benzene rings is 2. The minimum Gasteiger partial charge on any atom is -0.506 e. The molecule has 49 heavy (non-hydrogen) atoms. The molecule has 0 aliphatic carbocycles. The highest BCUT2D eigenvalue weighted by Gasteiger charge is 2.36. The number of hydrogen-bond acceptors (Lipinski definition) is 11. The molecule has 1 aliphatic heterocycles. The second-order valence-electron chi connectivity index (χ2n) is 12.1. The zero-order chi connectivity index (χ0) is 35.4. The Morgan fingerprint density at radius 3 is 2.73 bits per heavy atom. The molecule has 1 aliphatic rings. The Kier molecular flexibility index (Phi) is 9.14. The fraction of sp³-hybridized carbons (Fsp3) is 0.273. The number of likely N-dealkylation sites (tertiary alicyclic amines) is 1. The molecule has 6 rings (SSSR count). The Morgan fingerprint density at radius 2 is 2.02 bits per heavy atom. The van der Waals surface area contributed by atoms with Gasteiger partial charge < -0.3 is 31.5 Å². The summed E-state index contributed by atoms with van der Waals surface area (Å²) in [5, 5.41) is 24.3. The third-order valence-corrected chi connectivity index (χ3v) is 10.3. The van der Waals surface area contributed by atoms with Crippen LogP contribution in [0.4, 0.5) is 29.8 Å². The van der Waals surface area contributed by atoms with Crippen molar-refractivity contribution in [3.63, 3.8) is 0 Å². The van der Waals surface area contributed by atoms with Gasteiger partial charge in [-0.3, -0.25) is 0 Å². The van der Waals surface area contributed by atoms with Crippen molar-refractivity contribution in [2.45, 2.75) is 26.3 Å². The highest BCUT2D eigenvalue weighted by Crippen LogP contribution is 2.49. The summed E-state index contributed by atoms with van der Waals surface area (Å²) in [4.78, 5) is 15.0. The van der Waals surface area contributed by atoms with Gasteiger partial charge in [0.2, 0.25) is 0 Å². The summed E-state index contributed by atoms with van der Waals surface area (Å²) < 4.78 is 51.9. The molecule has 6 N–H and O–H groups in total. The lowest BCUT2D eigenvalue weighted by Gasteiger charge is -2.40. The first kappa shape index (κ1) is 34.3. The average molecular weight is 730 g/mol. The Labute approximate surface area is 292 Å². The van der Waals surface area contributed by atoms with E-state index in [-0.39, 0.29) is 61.4 Å². The van der Waals surface area contributed by atoms with Crippen LogP contribution in [0.25, 0.3) is 32.1 Å². The number of nitrogens with two attached hydrogens (primary N) is 2. The number of ether oxygens (including phenoxy) is 1. The lowest BCUT2D eigenvalue weighted by Crippen LogP contribution is -2.44. The van der Waals surface area contributed by atoms with Crippen molar-refractivity contribution in [3.8, 4) is 29.0 Å². The Hall–Kier alpha value is -4.55. The van der Waals surface area contributed by atoms with Crippen molar-refractivity contribution in [2.75, 3.05) is 43.5 Å². The molecule has 2 aromatic carbocycles. The summed E-state index contributed by atoms with van der Waals surface area (Å²) in [5.74, 6) is -2.20. The molecule has 0 amide bonds. The number of anilines is 3. The fourth-order valence-electron chi connectivity index (χ4n) is 6.21. The molecule has 5 aromatic rings. The van der Waals surface area contributed by atoms with Crippen LogP contribution in [0.3, 0.4) is 0 Å². The first-order valence-electron chi connectivity index (χ1n) is 14.9. The van der Waals surface area contributed by atoms with Crippen molar-refractivity contribution in [1.29, 1.82) is 5.26 Å². The van der Waals surface area contributed by atoms with Crippen LogP contribution in [0.1, 0.15) is 37.4 Å². The van der Waals surface area contributed by atoms with Crippen LogP contribution in [0.5, 0.6) is 11.8 Å². The molecule has 0 spiro atoms. The van der Waals surface area contributed by atoms with Crippen LogP contribution >= 0.6 is 34.5 Å². The van der Waals surface area contributed by atoms with E-state index in [1.165, 1.54) is 12.3 Å². The van der Waals surface area contributed by atoms with Gasteiger partial charge >= 0.3 is 6.01 Å². The third kappa shape index (κ3) is 6.01. The second-order valence-corrected chi connectivity index (χ2v) is 14.0. The summed E-state index contributed by atoms with van der Waals surface area (Å²) in [7, 11) is 1.91. The quantitative estimate of drug-likeness (QED) is 0.129. The van der Waals surface area contributed by atoms with Gasteiger partial charge in [-0.15, -0.1) is 11.3 Å². The number of nitriles is 1. The number of thiophene rings is 1. The Morgan fingerprint density at radius 1 is 1.27 bits per heavy atom. The number of piperidine rings is 1. The summed E-state index contributed by atoms with van der Waals surface area (Å²) >= 11 is 13.7. The van der Waals surface area contributed by atoms with Gasteiger partial charge in [0.25, 0.3) is 0 Å². The van der Waals surface area contributed by atoms with Gasteiger partial charge in [0.05, 0.1) is 38.1 Å². The van der Waals surface area contributed by atoms with E-state index in [1.807, 2.05) is 24.9 Å². The summed E-state index contributed by atoms with van der Waals surface area (Å²) in [6, 6.07) is 4.95. The van der Waals surface area contributed by atoms with Gasteiger partial charge in [-0.25, -0.2) is 18.2 Å². The topological polar surface area (TPSA) is 159 Å². The van der Waals surface area contributed by atoms with E-state index in [1.54, 1.807) is 13.0 Å². The molecule has 2 atom stereocenters. The molecule has 1 saturated heterocycles. The lowest BCUT2D eigenvalue weighted by atomic mass is 9.78. The second kappa shape index (κ2) is 13.1. The maximum absolute atomic E-state index is 17.0. The number of phenols is 1. The minimum atomic E-state index is -1.01. The summed E-state index contributed by atoms with van der Waals surface area (Å²) in [5.41, 5.74) is 11.6. The minimum absolute atomic E-state index is 0.0119. The molecule has 4 heterocycles. The fourth-order valence-corrected chi connectivity index (χ4v) is 7.61. The van der Waals surface area contributed by atoms with E-state index in [0.717, 1.165) is 17.4 Å². The van der Waals surface area contributed by atoms with Crippen molar-refractivity contribution >= 4 is 72.2 Å². The van der Waals surface area contributed by atoms with Crippen LogP contribution < -0.4 is 21.5 Å². The molecule has 0 radical (unpaired) electrons. The van der Waals surface area contributed by atoms with Crippen LogP contribution in [-0.4, -0.2) is 51.7 Å². The standard InChI is InChI=1S/C33H29Cl2F3N8O2S/c1-14(18-8-16(34)11-42-29(18)40)43-31-23-26(44-32(45-31)48-13-33(2)12-46(3)7-6-15(33)9-36)25(38)22(24(35)27(23)47)17-4-5-20(37)28-21(17)19(10-39)30(41)49-28/h4-5,8-9,11,14,47H,6-7,12-13,41H2,1-3H3,(H2,40,42)(H,43,44,45)/b15-9+/t14-,33+/m1/s1. The van der Waals surface area contributed by atoms with Gasteiger partial charge in [-0.1, -0.05) is 36.2 Å². The van der Waals surface area contributed by atoms with E-state index in [4.69, 9.17) is 39.4 Å². The van der Waals surface area contributed by atoms with Crippen LogP contribution in [-0.2, 0) is 0 Å². The number of rotatable bonds is 7. The largest absolute Gasteiger partial charge is 0.506 e. The molecular weight excluding hydrogens is 700 g/mol. The number of nitrogens with zero attached hydrogens (tertiary/aromatic N) is 5. The van der Waals surface area contributed by atoms with E-state index >= 15 is 4.39 Å². The number of fused-ring (bicyclic) bond motifs is 2. The van der Waals surface area contributed by atoms with Crippen molar-refractivity contribution in [3.05, 3.63) is 69.1 Å². The average Bonchev–Trinajstić information content (AvgIpc) is 3.41. The van der Waals surface area contributed by atoms with Gasteiger partial charge in [0.15, 0.2) is 5.82 Å². The number of aromatic nitrogens is 3. The SMILES string of the molecule is C[C@@H](Nc1nc(OC[C@]2(C)CN(C)CC/C2=C\F)nc2c(F)c(-c3ccc(F)c4sc(N)c(C#N)c34)c(Cl)c(O)c12)c1cc(Cl)cnc1N. The number of phenolic OH excluding ortho intramolecular Hbond substituents is 1. The normalized spacial score (nSPS) is 18.2. The van der Waals surface area contributed by atoms with E-state index in [0.29, 0.717) is 42.0 Å². The monoisotopic (exact) mass is 728 g/mol. The first-order chi connectivity index (χ1) is 23.3. The van der Waals surface area contributed by atoms with Crippen LogP contribution in [0, 0.1) is 28.4 Å². The summed E-state index contributed by atoms with van der Waals surface area (Å²) in [6.45, 7) is 4.64. The molecule has 10 nitrogen and oxygen atoms in total. The smallest absolute Gasteiger partial charge is 0.319 e. The van der Waals surface area contributed by atoms with Gasteiger partial charge in [0, 0.05) is 41.2 Å². The number of pyridine rings is 1. The number of nitrogens with one attached hydrogen (secondary N) is 1. The highest BCUT2D eigenvalue weighted by atomic mass is 35.5. The molecule has 16 heteroatoms. The molecule has 0 saturated carbocycles. The Balaban J connectivity index is 1.56. The van der Waals surface area contributed by atoms with Gasteiger partial charge in [-0.2, -0.15) is 15.2 Å². The van der Waals surface area contributed by atoms with Gasteiger partial charge in [0.1, 0.15) is 46.4 Å². The molecule has 254 valence electrons. The van der Waals surface area contributed by atoms with Crippen molar-refractivity contribution in [2.24, 2.45) is 5.41 Å². The zero-order valence-electron chi connectivity index (χ0n) is 26.3. The maximum Gasteiger partial charge on any atom is 0.319 e. The number of nitrogen functional groups attached to an aromatic ring is 2. The maximum atomic E-state index is 17.0. The first-order valence-corrected chi connectivity index (χ1v) is 16.5. The van der Waals surface area contributed by atoms with E-state index < -0.39 is 39.4 Å². The van der Waals surface area contributed by atoms with Crippen molar-refractivity contribution in [1.82, 2.24) is 19.9 Å². The number of halogens is 5. The Bertz CT molecular complexity index is 2230. The number of hydrogen-bond donors (Lipinski definition) is 4. The molecular formula is C33H29Cl2F3N8O2S. The predicted molar refractivity (Wildman–Crippen MR) is 187 cm³/mol. The van der Waals surface area contributed by atoms with Crippen LogP contribution in [0.15, 0.2) is 36.3 Å². The predicted octanol–water partition coefficient (Wildman–Crippen LogP) is 7.98. The van der Waals surface area contributed by atoms with E-state index in [9.17, 15) is 19.1 Å². The van der Waals surface area contributed by atoms with Crippen LogP contribution in [0.2, 0.25) is 10.0 Å².